The molecule has 1 atom stereocenters. The lowest BCUT2D eigenvalue weighted by Gasteiger charge is -2.28. The molecule has 9 aromatic carbocycles. The van der Waals surface area contributed by atoms with Crippen LogP contribution >= 0.6 is 0 Å². The Balaban J connectivity index is 1.05. The second kappa shape index (κ2) is 14.8. The number of nitrogens with zero attached hydrogens (tertiary/aromatic N) is 2. The Labute approximate surface area is 366 Å². The van der Waals surface area contributed by atoms with Crippen LogP contribution in [0.3, 0.4) is 0 Å². The van der Waals surface area contributed by atoms with Crippen LogP contribution in [-0.2, 0) is 5.41 Å². The molecular weight excluding hydrogens is 765 g/mol. The minimum atomic E-state index is -0.331. The number of fused-ring (bicyclic) bond motifs is 6. The molecule has 0 amide bonds. The van der Waals surface area contributed by atoms with Crippen molar-refractivity contribution in [3.8, 4) is 78.4 Å². The molecule has 0 radical (unpaired) electrons. The van der Waals surface area contributed by atoms with Crippen LogP contribution in [0.4, 0.5) is 0 Å². The molecule has 3 heteroatoms. The van der Waals surface area contributed by atoms with Gasteiger partial charge in [0.1, 0.15) is 11.2 Å². The monoisotopic (exact) mass is 804 g/mol. The summed E-state index contributed by atoms with van der Waals surface area (Å²) in [7, 11) is 0. The molecule has 63 heavy (non-hydrogen) atoms. The van der Waals surface area contributed by atoms with Crippen molar-refractivity contribution in [1.82, 2.24) is 9.97 Å². The first-order chi connectivity index (χ1) is 31.1. The Morgan fingerprint density at radius 2 is 0.857 bits per heavy atom. The van der Waals surface area contributed by atoms with E-state index in [1.165, 1.54) is 38.9 Å². The number of furan rings is 1. The molecule has 0 saturated heterocycles. The van der Waals surface area contributed by atoms with Gasteiger partial charge in [-0.25, -0.2) is 9.97 Å². The Kier molecular flexibility index (Phi) is 8.62. The van der Waals surface area contributed by atoms with E-state index < -0.39 is 0 Å². The highest BCUT2D eigenvalue weighted by atomic mass is 16.3. The standard InChI is InChI=1S/C60H40N2O/c1-60(48-19-9-4-10-20-48)53-23-13-11-21-49(53)50-31-29-44(37-54(50)60)55-38-56(62-59(61-55)42-17-7-3-8-18-42)47-34-45(41-27-25-40(26-28-41)39-15-5-2-6-16-39)33-46(35-47)43-30-32-58-52(36-43)51-22-12-14-24-57(51)63-58/h2-38H,1H3. The van der Waals surface area contributed by atoms with Gasteiger partial charge in [-0.05, 0) is 117 Å². The van der Waals surface area contributed by atoms with Crippen molar-refractivity contribution in [2.24, 2.45) is 0 Å². The van der Waals surface area contributed by atoms with Crippen LogP contribution in [0.25, 0.3) is 100 Å². The van der Waals surface area contributed by atoms with Gasteiger partial charge in [-0.3, -0.25) is 0 Å². The summed E-state index contributed by atoms with van der Waals surface area (Å²) in [5.74, 6) is 0.683. The Morgan fingerprint density at radius 3 is 1.62 bits per heavy atom. The average Bonchev–Trinajstić information content (AvgIpc) is 3.87. The quantitative estimate of drug-likeness (QED) is 0.161. The van der Waals surface area contributed by atoms with E-state index in [-0.39, 0.29) is 5.41 Å². The highest BCUT2D eigenvalue weighted by molar-refractivity contribution is 6.06. The number of para-hydroxylation sites is 1. The summed E-state index contributed by atoms with van der Waals surface area (Å²) in [6, 6.07) is 80.2. The molecule has 0 N–H and O–H groups in total. The molecule has 11 aromatic rings. The molecule has 1 aliphatic carbocycles. The first-order valence-corrected chi connectivity index (χ1v) is 21.5. The lowest BCUT2D eigenvalue weighted by molar-refractivity contribution is 0.669. The molecule has 0 aliphatic heterocycles. The van der Waals surface area contributed by atoms with E-state index >= 15 is 0 Å². The lowest BCUT2D eigenvalue weighted by Crippen LogP contribution is -2.22. The minimum absolute atomic E-state index is 0.331. The van der Waals surface area contributed by atoms with Crippen LogP contribution in [-0.4, -0.2) is 9.97 Å². The van der Waals surface area contributed by atoms with Gasteiger partial charge in [0, 0.05) is 32.9 Å². The predicted octanol–water partition coefficient (Wildman–Crippen LogP) is 15.7. The fourth-order valence-corrected chi connectivity index (χ4v) is 9.69. The number of hydrogen-bond donors (Lipinski definition) is 0. The van der Waals surface area contributed by atoms with Crippen molar-refractivity contribution in [2.75, 3.05) is 0 Å². The fraction of sp³-hybridized carbons (Fsp3) is 0.0333. The zero-order chi connectivity index (χ0) is 41.9. The van der Waals surface area contributed by atoms with E-state index in [2.05, 4.69) is 213 Å². The van der Waals surface area contributed by atoms with E-state index in [1.54, 1.807) is 0 Å². The van der Waals surface area contributed by atoms with Gasteiger partial charge in [-0.2, -0.15) is 0 Å². The third-order valence-corrected chi connectivity index (χ3v) is 13.0. The SMILES string of the molecule is CC1(c2ccccc2)c2ccccc2-c2ccc(-c3cc(-c4cc(-c5ccc(-c6ccccc6)cc5)cc(-c5ccc6oc7ccccc7c6c5)c4)nc(-c4ccccc4)n3)cc21. The third kappa shape index (κ3) is 6.28. The first-order valence-electron chi connectivity index (χ1n) is 21.5. The molecule has 0 saturated carbocycles. The average molecular weight is 805 g/mol. The number of hydrogen-bond acceptors (Lipinski definition) is 3. The van der Waals surface area contributed by atoms with Gasteiger partial charge in [0.15, 0.2) is 5.82 Å². The molecule has 296 valence electrons. The van der Waals surface area contributed by atoms with Gasteiger partial charge in [0.2, 0.25) is 0 Å². The molecule has 0 fully saturated rings. The molecule has 2 aromatic heterocycles. The van der Waals surface area contributed by atoms with E-state index in [0.29, 0.717) is 5.82 Å². The molecular formula is C60H40N2O. The van der Waals surface area contributed by atoms with Crippen LogP contribution in [0, 0.1) is 0 Å². The Bertz CT molecular complexity index is 3500. The maximum atomic E-state index is 6.25. The van der Waals surface area contributed by atoms with Crippen molar-refractivity contribution in [3.05, 3.63) is 241 Å². The van der Waals surface area contributed by atoms with Crippen molar-refractivity contribution >= 4 is 21.9 Å². The summed E-state index contributed by atoms with van der Waals surface area (Å²) < 4.78 is 6.25. The van der Waals surface area contributed by atoms with Crippen LogP contribution in [0.15, 0.2) is 229 Å². The van der Waals surface area contributed by atoms with Gasteiger partial charge in [-0.15, -0.1) is 0 Å². The smallest absolute Gasteiger partial charge is 0.160 e. The minimum Gasteiger partial charge on any atom is -0.456 e. The molecule has 12 rings (SSSR count). The zero-order valence-corrected chi connectivity index (χ0v) is 34.7. The first kappa shape index (κ1) is 36.7. The topological polar surface area (TPSA) is 38.9 Å². The molecule has 1 aliphatic rings. The van der Waals surface area contributed by atoms with Crippen molar-refractivity contribution in [1.29, 1.82) is 0 Å². The van der Waals surface area contributed by atoms with Crippen LogP contribution in [0.1, 0.15) is 23.6 Å². The Hall–Kier alpha value is -8.14. The number of aromatic nitrogens is 2. The van der Waals surface area contributed by atoms with Gasteiger partial charge in [0.05, 0.1) is 11.4 Å². The van der Waals surface area contributed by atoms with E-state index in [4.69, 9.17) is 14.4 Å². The second-order valence-electron chi connectivity index (χ2n) is 16.7. The van der Waals surface area contributed by atoms with E-state index in [1.807, 2.05) is 18.2 Å². The van der Waals surface area contributed by atoms with Crippen molar-refractivity contribution in [3.63, 3.8) is 0 Å². The summed E-state index contributed by atoms with van der Waals surface area (Å²) in [5, 5.41) is 2.20. The fourth-order valence-electron chi connectivity index (χ4n) is 9.69. The predicted molar refractivity (Wildman–Crippen MR) is 259 cm³/mol. The van der Waals surface area contributed by atoms with Crippen LogP contribution in [0.2, 0.25) is 0 Å². The summed E-state index contributed by atoms with van der Waals surface area (Å²) in [6.45, 7) is 2.36. The van der Waals surface area contributed by atoms with Crippen molar-refractivity contribution < 1.29 is 4.42 Å². The van der Waals surface area contributed by atoms with Crippen LogP contribution in [0.5, 0.6) is 0 Å². The maximum Gasteiger partial charge on any atom is 0.160 e. The van der Waals surface area contributed by atoms with Crippen molar-refractivity contribution in [2.45, 2.75) is 12.3 Å². The second-order valence-corrected chi connectivity index (χ2v) is 16.7. The Morgan fingerprint density at radius 1 is 0.333 bits per heavy atom. The highest BCUT2D eigenvalue weighted by Crippen LogP contribution is 2.53. The van der Waals surface area contributed by atoms with Gasteiger partial charge >= 0.3 is 0 Å². The highest BCUT2D eigenvalue weighted by Gasteiger charge is 2.40. The summed E-state index contributed by atoms with van der Waals surface area (Å²) in [5.41, 5.74) is 19.4. The molecule has 3 nitrogen and oxygen atoms in total. The number of benzene rings is 9. The molecule has 0 bridgehead atoms. The summed E-state index contributed by atoms with van der Waals surface area (Å²) >= 11 is 0. The normalized spacial score (nSPS) is 14.2. The van der Waals surface area contributed by atoms with Gasteiger partial charge < -0.3 is 4.42 Å². The van der Waals surface area contributed by atoms with E-state index in [0.717, 1.165) is 72.3 Å². The van der Waals surface area contributed by atoms with E-state index in [9.17, 15) is 0 Å². The zero-order valence-electron chi connectivity index (χ0n) is 34.7. The number of rotatable bonds is 7. The van der Waals surface area contributed by atoms with Crippen LogP contribution < -0.4 is 0 Å². The maximum absolute atomic E-state index is 6.25. The summed E-state index contributed by atoms with van der Waals surface area (Å²) in [6.07, 6.45) is 0. The molecule has 2 heterocycles. The third-order valence-electron chi connectivity index (χ3n) is 13.0. The molecule has 1 unspecified atom stereocenters. The van der Waals surface area contributed by atoms with Gasteiger partial charge in [0.25, 0.3) is 0 Å². The molecule has 0 spiro atoms. The lowest BCUT2D eigenvalue weighted by atomic mass is 9.74. The summed E-state index contributed by atoms with van der Waals surface area (Å²) in [4.78, 5) is 10.7. The van der Waals surface area contributed by atoms with Gasteiger partial charge in [-0.1, -0.05) is 176 Å². The largest absolute Gasteiger partial charge is 0.456 e.